The highest BCUT2D eigenvalue weighted by Crippen LogP contribution is 2.27. The normalized spacial score (nSPS) is 20.4. The van der Waals surface area contributed by atoms with Crippen molar-refractivity contribution in [2.24, 2.45) is 5.92 Å². The molecular formula is C9H16S. The summed E-state index contributed by atoms with van der Waals surface area (Å²) in [4.78, 5) is 0. The summed E-state index contributed by atoms with van der Waals surface area (Å²) in [5, 5.41) is 0. The van der Waals surface area contributed by atoms with Gasteiger partial charge in [0.15, 0.2) is 0 Å². The summed E-state index contributed by atoms with van der Waals surface area (Å²) in [6.07, 6.45) is 1.32. The number of hydrogen-bond acceptors (Lipinski definition) is 1. The van der Waals surface area contributed by atoms with Crippen molar-refractivity contribution >= 4 is 11.8 Å². The van der Waals surface area contributed by atoms with Gasteiger partial charge in [-0.1, -0.05) is 25.0 Å². The highest BCUT2D eigenvalue weighted by molar-refractivity contribution is 7.99. The predicted octanol–water partition coefficient (Wildman–Crippen LogP) is 3.10. The van der Waals surface area contributed by atoms with Crippen LogP contribution in [0.5, 0.6) is 0 Å². The van der Waals surface area contributed by atoms with Gasteiger partial charge in [-0.3, -0.25) is 0 Å². The Balaban J connectivity index is 2.68. The summed E-state index contributed by atoms with van der Waals surface area (Å²) in [5.74, 6) is 3.39. The maximum atomic E-state index is 2.30. The first-order valence-electron chi connectivity index (χ1n) is 3.98. The number of hydrogen-bond donors (Lipinski definition) is 0. The lowest BCUT2D eigenvalue weighted by molar-refractivity contribution is 0.747. The molecule has 0 spiro atoms. The van der Waals surface area contributed by atoms with E-state index in [0.717, 1.165) is 5.92 Å². The van der Waals surface area contributed by atoms with Crippen molar-refractivity contribution in [3.63, 3.8) is 0 Å². The first-order chi connectivity index (χ1) is 4.72. The molecule has 0 atom stereocenters. The lowest BCUT2D eigenvalue weighted by Gasteiger charge is -2.20. The first-order valence-corrected chi connectivity index (χ1v) is 5.13. The highest BCUT2D eigenvalue weighted by Gasteiger charge is 2.11. The molecule has 0 aromatic heterocycles. The molecule has 0 nitrogen and oxygen atoms in total. The van der Waals surface area contributed by atoms with Crippen LogP contribution >= 0.6 is 11.8 Å². The zero-order valence-electron chi connectivity index (χ0n) is 7.11. The van der Waals surface area contributed by atoms with Crippen molar-refractivity contribution in [1.29, 1.82) is 0 Å². The third-order valence-electron chi connectivity index (χ3n) is 2.12. The molecule has 1 heteroatoms. The van der Waals surface area contributed by atoms with Gasteiger partial charge in [-0.05, 0) is 25.0 Å². The minimum atomic E-state index is 0.771. The minimum Gasteiger partial charge on any atom is -0.157 e. The van der Waals surface area contributed by atoms with Crippen molar-refractivity contribution in [1.82, 2.24) is 0 Å². The second kappa shape index (κ2) is 3.47. The Morgan fingerprint density at radius 1 is 1.40 bits per heavy atom. The molecule has 1 aliphatic rings. The first kappa shape index (κ1) is 8.19. The summed E-state index contributed by atoms with van der Waals surface area (Å²) in [6.45, 7) is 6.88. The van der Waals surface area contributed by atoms with Crippen molar-refractivity contribution < 1.29 is 0 Å². The molecule has 0 aliphatic carbocycles. The van der Waals surface area contributed by atoms with Crippen LogP contribution in [0.4, 0.5) is 0 Å². The van der Waals surface area contributed by atoms with Crippen LogP contribution in [0.25, 0.3) is 0 Å². The number of thioether (sulfide) groups is 1. The molecule has 0 N–H and O–H groups in total. The Labute approximate surface area is 68.1 Å². The Hall–Kier alpha value is 0.0900. The largest absolute Gasteiger partial charge is 0.157 e. The zero-order valence-corrected chi connectivity index (χ0v) is 7.92. The predicted molar refractivity (Wildman–Crippen MR) is 49.5 cm³/mol. The Morgan fingerprint density at radius 2 is 2.10 bits per heavy atom. The maximum absolute atomic E-state index is 2.30. The fourth-order valence-electron chi connectivity index (χ4n) is 1.35. The van der Waals surface area contributed by atoms with Gasteiger partial charge in [-0.15, -0.1) is 0 Å². The molecule has 0 aromatic rings. The standard InChI is InChI=1S/C9H16S/c1-7(2)9-6-10-5-4-8(9)3/h7H,4-6H2,1-3H3. The van der Waals surface area contributed by atoms with Gasteiger partial charge in [0, 0.05) is 5.75 Å². The van der Waals surface area contributed by atoms with E-state index in [1.165, 1.54) is 17.9 Å². The van der Waals surface area contributed by atoms with Gasteiger partial charge >= 0.3 is 0 Å². The Morgan fingerprint density at radius 3 is 2.50 bits per heavy atom. The molecule has 1 rings (SSSR count). The van der Waals surface area contributed by atoms with Crippen LogP contribution in [0.2, 0.25) is 0 Å². The lowest BCUT2D eigenvalue weighted by atomic mass is 9.98. The average Bonchev–Trinajstić information content (AvgIpc) is 1.88. The van der Waals surface area contributed by atoms with Crippen LogP contribution in [-0.2, 0) is 0 Å². The molecule has 0 radical (unpaired) electrons. The SMILES string of the molecule is CC1=C(C(C)C)CSCC1. The van der Waals surface area contributed by atoms with E-state index in [1.807, 2.05) is 0 Å². The molecule has 10 heavy (non-hydrogen) atoms. The third kappa shape index (κ3) is 1.79. The quantitative estimate of drug-likeness (QED) is 0.526. The van der Waals surface area contributed by atoms with Gasteiger partial charge in [0.05, 0.1) is 0 Å². The minimum absolute atomic E-state index is 0.771. The monoisotopic (exact) mass is 156 g/mol. The molecule has 1 heterocycles. The van der Waals surface area contributed by atoms with Crippen molar-refractivity contribution in [3.8, 4) is 0 Å². The Kier molecular flexibility index (Phi) is 2.84. The second-order valence-electron chi connectivity index (χ2n) is 3.26. The smallest absolute Gasteiger partial charge is 0.0148 e. The van der Waals surface area contributed by atoms with Crippen LogP contribution in [0.3, 0.4) is 0 Å². The average molecular weight is 156 g/mol. The van der Waals surface area contributed by atoms with Gasteiger partial charge in [0.1, 0.15) is 0 Å². The van der Waals surface area contributed by atoms with E-state index in [-0.39, 0.29) is 0 Å². The molecule has 0 bridgehead atoms. The summed E-state index contributed by atoms with van der Waals surface area (Å²) in [7, 11) is 0. The van der Waals surface area contributed by atoms with Gasteiger partial charge < -0.3 is 0 Å². The van der Waals surface area contributed by atoms with E-state index in [0.29, 0.717) is 0 Å². The summed E-state index contributed by atoms with van der Waals surface area (Å²) in [6, 6.07) is 0. The number of rotatable bonds is 1. The highest BCUT2D eigenvalue weighted by atomic mass is 32.2. The van der Waals surface area contributed by atoms with Crippen molar-refractivity contribution in [2.75, 3.05) is 11.5 Å². The van der Waals surface area contributed by atoms with Crippen molar-refractivity contribution in [3.05, 3.63) is 11.1 Å². The molecule has 0 fully saturated rings. The van der Waals surface area contributed by atoms with E-state index >= 15 is 0 Å². The van der Waals surface area contributed by atoms with E-state index in [9.17, 15) is 0 Å². The fraction of sp³-hybridized carbons (Fsp3) is 0.778. The summed E-state index contributed by atoms with van der Waals surface area (Å²) in [5.41, 5.74) is 3.34. The molecule has 0 unspecified atom stereocenters. The van der Waals surface area contributed by atoms with Crippen LogP contribution in [-0.4, -0.2) is 11.5 Å². The second-order valence-corrected chi connectivity index (χ2v) is 4.37. The van der Waals surface area contributed by atoms with Gasteiger partial charge in [-0.2, -0.15) is 11.8 Å². The molecule has 0 amide bonds. The topological polar surface area (TPSA) is 0 Å². The van der Waals surface area contributed by atoms with Gasteiger partial charge in [0.25, 0.3) is 0 Å². The van der Waals surface area contributed by atoms with Gasteiger partial charge in [-0.25, -0.2) is 0 Å². The molecular weight excluding hydrogens is 140 g/mol. The van der Waals surface area contributed by atoms with E-state index < -0.39 is 0 Å². The molecule has 0 saturated heterocycles. The molecule has 0 aromatic carbocycles. The van der Waals surface area contributed by atoms with Crippen molar-refractivity contribution in [2.45, 2.75) is 27.2 Å². The van der Waals surface area contributed by atoms with Gasteiger partial charge in [0.2, 0.25) is 0 Å². The summed E-state index contributed by atoms with van der Waals surface area (Å²) < 4.78 is 0. The molecule has 0 saturated carbocycles. The fourth-order valence-corrected chi connectivity index (χ4v) is 2.75. The van der Waals surface area contributed by atoms with Crippen LogP contribution in [0.15, 0.2) is 11.1 Å². The maximum Gasteiger partial charge on any atom is 0.0148 e. The Bertz CT molecular complexity index is 145. The molecule has 58 valence electrons. The third-order valence-corrected chi connectivity index (χ3v) is 3.13. The van der Waals surface area contributed by atoms with E-state index in [4.69, 9.17) is 0 Å². The van der Waals surface area contributed by atoms with Crippen LogP contribution in [0, 0.1) is 5.92 Å². The summed E-state index contributed by atoms with van der Waals surface area (Å²) >= 11 is 2.08. The van der Waals surface area contributed by atoms with Crippen LogP contribution in [0.1, 0.15) is 27.2 Å². The lowest BCUT2D eigenvalue weighted by Crippen LogP contribution is -2.06. The van der Waals surface area contributed by atoms with E-state index in [1.54, 1.807) is 11.1 Å². The number of allylic oxidation sites excluding steroid dienone is 1. The zero-order chi connectivity index (χ0) is 7.56. The van der Waals surface area contributed by atoms with Crippen LogP contribution < -0.4 is 0 Å². The van der Waals surface area contributed by atoms with E-state index in [2.05, 4.69) is 32.5 Å². The molecule has 1 aliphatic heterocycles.